The number of hydrogen-bond acceptors (Lipinski definition) is 6. The van der Waals surface area contributed by atoms with Crippen LogP contribution in [0, 0.1) is 0 Å². The zero-order chi connectivity index (χ0) is 20.5. The normalized spacial score (nSPS) is 13.1. The van der Waals surface area contributed by atoms with E-state index >= 15 is 0 Å². The van der Waals surface area contributed by atoms with Gasteiger partial charge in [0.05, 0.1) is 0 Å². The molecule has 0 heterocycles. The molecule has 1 amide bonds. The van der Waals surface area contributed by atoms with E-state index in [9.17, 15) is 9.59 Å². The van der Waals surface area contributed by atoms with Gasteiger partial charge in [-0.3, -0.25) is 0 Å². The van der Waals surface area contributed by atoms with Crippen LogP contribution in [0.25, 0.3) is 0 Å². The summed E-state index contributed by atoms with van der Waals surface area (Å²) >= 11 is 0. The third-order valence-corrected chi connectivity index (χ3v) is 2.95. The van der Waals surface area contributed by atoms with Crippen LogP contribution >= 0.6 is 0 Å². The number of carbonyl (C=O) groups excluding carboxylic acids is 2. The lowest BCUT2D eigenvalue weighted by Crippen LogP contribution is -2.46. The van der Waals surface area contributed by atoms with E-state index in [1.54, 1.807) is 41.5 Å². The van der Waals surface area contributed by atoms with Crippen LogP contribution in [0.2, 0.25) is 0 Å². The zero-order valence-electron chi connectivity index (χ0n) is 16.9. The van der Waals surface area contributed by atoms with Crippen LogP contribution in [-0.2, 0) is 25.7 Å². The molecule has 7 nitrogen and oxygen atoms in total. The average Bonchev–Trinajstić information content (AvgIpc) is 2.51. The second kappa shape index (κ2) is 9.94. The first kappa shape index (κ1) is 22.5. The van der Waals surface area contributed by atoms with E-state index in [-0.39, 0.29) is 6.42 Å². The Balaban J connectivity index is 2.62. The maximum Gasteiger partial charge on any atom is 0.408 e. The summed E-state index contributed by atoms with van der Waals surface area (Å²) in [6, 6.07) is 8.65. The number of benzene rings is 1. The molecule has 0 aromatic heterocycles. The molecule has 1 rings (SSSR count). The number of alkyl carbamates (subject to hydrolysis) is 1. The summed E-state index contributed by atoms with van der Waals surface area (Å²) in [5.74, 6) is -0.567. The van der Waals surface area contributed by atoms with Crippen molar-refractivity contribution in [1.29, 1.82) is 0 Å². The molecular formula is C20H30N2O5. The predicted molar refractivity (Wildman–Crippen MR) is 103 cm³/mol. The maximum absolute atomic E-state index is 12.4. The molecule has 1 aromatic rings. The number of oxime groups is 1. The van der Waals surface area contributed by atoms with Crippen molar-refractivity contribution in [1.82, 2.24) is 5.32 Å². The molecule has 1 aromatic carbocycles. The zero-order valence-corrected chi connectivity index (χ0v) is 16.9. The molecule has 7 heteroatoms. The number of rotatable bonds is 7. The van der Waals surface area contributed by atoms with Crippen LogP contribution in [0.4, 0.5) is 4.79 Å². The molecule has 0 aliphatic heterocycles. The largest absolute Gasteiger partial charge is 0.458 e. The van der Waals surface area contributed by atoms with E-state index in [2.05, 4.69) is 10.5 Å². The molecule has 27 heavy (non-hydrogen) atoms. The summed E-state index contributed by atoms with van der Waals surface area (Å²) in [4.78, 5) is 29.6. The van der Waals surface area contributed by atoms with Gasteiger partial charge < -0.3 is 19.6 Å². The van der Waals surface area contributed by atoms with Gasteiger partial charge in [0.2, 0.25) is 0 Å². The van der Waals surface area contributed by atoms with Gasteiger partial charge in [0.15, 0.2) is 0 Å². The number of esters is 1. The SMILES string of the molecule is CC(C)(C)OC(=O)N[C@@H](C/C=N/OCc1ccccc1)C(=O)OC(C)(C)C. The Bertz CT molecular complexity index is 630. The summed E-state index contributed by atoms with van der Waals surface area (Å²) in [5, 5.41) is 6.36. The van der Waals surface area contributed by atoms with Gasteiger partial charge in [0.1, 0.15) is 23.9 Å². The number of nitrogens with zero attached hydrogens (tertiary/aromatic N) is 1. The molecule has 1 atom stereocenters. The molecule has 1 N–H and O–H groups in total. The van der Waals surface area contributed by atoms with E-state index in [1.807, 2.05) is 30.3 Å². The molecule has 0 bridgehead atoms. The number of amides is 1. The van der Waals surface area contributed by atoms with Gasteiger partial charge >= 0.3 is 12.1 Å². The Hall–Kier alpha value is -2.57. The molecule has 0 unspecified atom stereocenters. The molecule has 0 aliphatic rings. The molecule has 150 valence electrons. The number of hydrogen-bond donors (Lipinski definition) is 1. The fourth-order valence-electron chi connectivity index (χ4n) is 1.92. The van der Waals surface area contributed by atoms with E-state index in [1.165, 1.54) is 6.21 Å². The lowest BCUT2D eigenvalue weighted by atomic mass is 10.1. The predicted octanol–water partition coefficient (Wildman–Crippen LogP) is 3.81. The van der Waals surface area contributed by atoms with Gasteiger partial charge in [0.25, 0.3) is 0 Å². The highest BCUT2D eigenvalue weighted by molar-refractivity contribution is 5.84. The van der Waals surface area contributed by atoms with Crippen LogP contribution in [0.15, 0.2) is 35.5 Å². The Morgan fingerprint density at radius 1 is 1.04 bits per heavy atom. The molecule has 0 aliphatic carbocycles. The van der Waals surface area contributed by atoms with E-state index in [0.29, 0.717) is 6.61 Å². The Kier molecular flexibility index (Phi) is 8.28. The summed E-state index contributed by atoms with van der Waals surface area (Å²) < 4.78 is 10.5. The quantitative estimate of drug-likeness (QED) is 0.443. The second-order valence-corrected chi connectivity index (χ2v) is 8.02. The van der Waals surface area contributed by atoms with Crippen LogP contribution in [0.5, 0.6) is 0 Å². The Morgan fingerprint density at radius 2 is 1.63 bits per heavy atom. The fourth-order valence-corrected chi connectivity index (χ4v) is 1.92. The molecule has 0 saturated carbocycles. The van der Waals surface area contributed by atoms with Crippen molar-refractivity contribution in [2.75, 3.05) is 0 Å². The van der Waals surface area contributed by atoms with Crippen molar-refractivity contribution in [2.45, 2.75) is 71.8 Å². The highest BCUT2D eigenvalue weighted by Crippen LogP contribution is 2.11. The monoisotopic (exact) mass is 378 g/mol. The lowest BCUT2D eigenvalue weighted by Gasteiger charge is -2.25. The summed E-state index contributed by atoms with van der Waals surface area (Å²) in [7, 11) is 0. The third-order valence-electron chi connectivity index (χ3n) is 2.95. The number of carbonyl (C=O) groups is 2. The summed E-state index contributed by atoms with van der Waals surface area (Å²) in [6.07, 6.45) is 0.842. The number of nitrogens with one attached hydrogen (secondary N) is 1. The van der Waals surface area contributed by atoms with Crippen molar-refractivity contribution in [2.24, 2.45) is 5.16 Å². The minimum absolute atomic E-state index is 0.114. The smallest absolute Gasteiger partial charge is 0.408 e. The standard InChI is InChI=1S/C20H30N2O5/c1-19(2,3)26-17(23)16(22-18(24)27-20(4,5)6)12-13-21-25-14-15-10-8-7-9-11-15/h7-11,13,16H,12,14H2,1-6H3,(H,22,24)/b21-13+/t16-/m0/s1. The maximum atomic E-state index is 12.4. The van der Waals surface area contributed by atoms with Crippen LogP contribution < -0.4 is 5.32 Å². The Morgan fingerprint density at radius 3 is 2.19 bits per heavy atom. The first-order valence-electron chi connectivity index (χ1n) is 8.86. The van der Waals surface area contributed by atoms with Crippen LogP contribution in [-0.4, -0.2) is 35.5 Å². The van der Waals surface area contributed by atoms with Crippen molar-refractivity contribution >= 4 is 18.3 Å². The first-order valence-corrected chi connectivity index (χ1v) is 8.86. The third kappa shape index (κ3) is 10.9. The molecular weight excluding hydrogens is 348 g/mol. The summed E-state index contributed by atoms with van der Waals surface area (Å²) in [6.45, 7) is 10.8. The van der Waals surface area contributed by atoms with Crippen molar-refractivity contribution in [3.05, 3.63) is 35.9 Å². The van der Waals surface area contributed by atoms with Gasteiger partial charge in [-0.05, 0) is 47.1 Å². The lowest BCUT2D eigenvalue weighted by molar-refractivity contribution is -0.157. The fraction of sp³-hybridized carbons (Fsp3) is 0.550. The molecule has 0 saturated heterocycles. The van der Waals surface area contributed by atoms with E-state index in [4.69, 9.17) is 14.3 Å². The highest BCUT2D eigenvalue weighted by atomic mass is 16.6. The van der Waals surface area contributed by atoms with Gasteiger partial charge in [0, 0.05) is 12.6 Å². The van der Waals surface area contributed by atoms with Gasteiger partial charge in [-0.15, -0.1) is 0 Å². The van der Waals surface area contributed by atoms with E-state index < -0.39 is 29.3 Å². The van der Waals surface area contributed by atoms with Crippen molar-refractivity contribution in [3.63, 3.8) is 0 Å². The average molecular weight is 378 g/mol. The minimum Gasteiger partial charge on any atom is -0.458 e. The van der Waals surface area contributed by atoms with Gasteiger partial charge in [-0.2, -0.15) is 0 Å². The van der Waals surface area contributed by atoms with E-state index in [0.717, 1.165) is 5.56 Å². The van der Waals surface area contributed by atoms with Crippen LogP contribution in [0.3, 0.4) is 0 Å². The Labute approximate surface area is 161 Å². The first-order chi connectivity index (χ1) is 12.5. The van der Waals surface area contributed by atoms with Gasteiger partial charge in [-0.25, -0.2) is 9.59 Å². The van der Waals surface area contributed by atoms with Gasteiger partial charge in [-0.1, -0.05) is 35.5 Å². The number of ether oxygens (including phenoxy) is 2. The molecule has 0 fully saturated rings. The molecule has 0 radical (unpaired) electrons. The highest BCUT2D eigenvalue weighted by Gasteiger charge is 2.28. The molecule has 0 spiro atoms. The summed E-state index contributed by atoms with van der Waals surface area (Å²) in [5.41, 5.74) is -0.369. The van der Waals surface area contributed by atoms with Crippen LogP contribution in [0.1, 0.15) is 53.5 Å². The minimum atomic E-state index is -0.928. The van der Waals surface area contributed by atoms with Crippen molar-refractivity contribution < 1.29 is 23.9 Å². The van der Waals surface area contributed by atoms with Crippen molar-refractivity contribution in [3.8, 4) is 0 Å². The second-order valence-electron chi connectivity index (χ2n) is 8.02. The topological polar surface area (TPSA) is 86.2 Å².